The average molecular weight is 559 g/mol. The number of hydrogen-bond acceptors (Lipinski definition) is 6. The second-order valence-electron chi connectivity index (χ2n) is 8.87. The summed E-state index contributed by atoms with van der Waals surface area (Å²) in [5.74, 6) is -1.01. The van der Waals surface area contributed by atoms with Crippen LogP contribution in [0.3, 0.4) is 0 Å². The van der Waals surface area contributed by atoms with E-state index < -0.39 is 28.0 Å². The summed E-state index contributed by atoms with van der Waals surface area (Å²) in [6.45, 7) is 2.11. The molecule has 1 atom stereocenters. The molecular formula is C26H24ClFN4O5S. The van der Waals surface area contributed by atoms with Crippen LogP contribution in [0.4, 0.5) is 4.39 Å². The Kier molecular flexibility index (Phi) is 7.10. The molecule has 0 unspecified atom stereocenters. The molecule has 2 aromatic carbocycles. The maximum absolute atomic E-state index is 14.3. The van der Waals surface area contributed by atoms with Crippen LogP contribution in [0.15, 0.2) is 59.6 Å². The molecule has 3 N–H and O–H groups in total. The van der Waals surface area contributed by atoms with E-state index in [-0.39, 0.29) is 42.3 Å². The summed E-state index contributed by atoms with van der Waals surface area (Å²) in [4.78, 5) is 18.4. The van der Waals surface area contributed by atoms with Crippen molar-refractivity contribution in [2.24, 2.45) is 5.73 Å². The van der Waals surface area contributed by atoms with Gasteiger partial charge in [-0.25, -0.2) is 13.4 Å². The number of fused-ring (bicyclic) bond motifs is 1. The van der Waals surface area contributed by atoms with Crippen molar-refractivity contribution in [1.29, 1.82) is 0 Å². The Morgan fingerprint density at radius 3 is 2.84 bits per heavy atom. The van der Waals surface area contributed by atoms with Gasteiger partial charge in [-0.2, -0.15) is 8.70 Å². The molecule has 4 aromatic rings. The number of nitrogens with zero attached hydrogens (tertiary/aromatic N) is 2. The number of amides is 1. The van der Waals surface area contributed by atoms with Crippen molar-refractivity contribution in [2.45, 2.75) is 17.9 Å². The maximum Gasteiger partial charge on any atom is 0.266 e. The van der Waals surface area contributed by atoms with Crippen molar-refractivity contribution < 1.29 is 27.1 Å². The quantitative estimate of drug-likeness (QED) is 0.331. The van der Waals surface area contributed by atoms with Gasteiger partial charge in [-0.15, -0.1) is 0 Å². The molecule has 3 heterocycles. The summed E-state index contributed by atoms with van der Waals surface area (Å²) in [5, 5.41) is 0.598. The highest BCUT2D eigenvalue weighted by Crippen LogP contribution is 2.33. The second-order valence-corrected chi connectivity index (χ2v) is 11.2. The van der Waals surface area contributed by atoms with Gasteiger partial charge in [0, 0.05) is 40.8 Å². The number of H-pyrrole nitrogens is 1. The van der Waals surface area contributed by atoms with E-state index in [9.17, 15) is 17.6 Å². The van der Waals surface area contributed by atoms with Crippen LogP contribution in [-0.4, -0.2) is 61.0 Å². The summed E-state index contributed by atoms with van der Waals surface area (Å²) in [5.41, 5.74) is 7.55. The van der Waals surface area contributed by atoms with Gasteiger partial charge in [0.2, 0.25) is 16.0 Å². The fourth-order valence-corrected chi connectivity index (χ4v) is 6.44. The smallest absolute Gasteiger partial charge is 0.266 e. The number of sulfonamides is 1. The van der Waals surface area contributed by atoms with E-state index >= 15 is 0 Å². The van der Waals surface area contributed by atoms with Crippen LogP contribution in [0.5, 0.6) is 5.75 Å². The number of benzene rings is 2. The molecule has 0 aliphatic carbocycles. The van der Waals surface area contributed by atoms with Crippen LogP contribution in [0.25, 0.3) is 22.0 Å². The number of ether oxygens (including phenoxy) is 2. The molecule has 198 valence electrons. The lowest BCUT2D eigenvalue weighted by Crippen LogP contribution is -2.47. The van der Waals surface area contributed by atoms with Crippen LogP contribution >= 0.6 is 11.6 Å². The number of carbonyl (C=O) groups excluding carboxylic acids is 1. The van der Waals surface area contributed by atoms with Gasteiger partial charge in [0.05, 0.1) is 6.61 Å². The third-order valence-corrected chi connectivity index (χ3v) is 8.54. The molecule has 1 aliphatic rings. The number of morpholine rings is 1. The number of rotatable bonds is 7. The molecule has 2 aromatic heterocycles. The molecule has 0 bridgehead atoms. The first-order valence-corrected chi connectivity index (χ1v) is 13.5. The molecule has 5 rings (SSSR count). The molecule has 1 aliphatic heterocycles. The number of nitrogens with two attached hydrogens (primary N) is 1. The van der Waals surface area contributed by atoms with Gasteiger partial charge in [0.15, 0.2) is 0 Å². The lowest BCUT2D eigenvalue weighted by atomic mass is 10.0. The highest BCUT2D eigenvalue weighted by molar-refractivity contribution is 7.89. The van der Waals surface area contributed by atoms with E-state index in [1.807, 2.05) is 13.0 Å². The number of aromatic amines is 1. The normalized spacial score (nSPS) is 16.6. The van der Waals surface area contributed by atoms with Gasteiger partial charge in [-0.3, -0.25) is 4.79 Å². The van der Waals surface area contributed by atoms with Crippen molar-refractivity contribution >= 4 is 38.4 Å². The zero-order valence-electron chi connectivity index (χ0n) is 20.3. The summed E-state index contributed by atoms with van der Waals surface area (Å²) in [6, 6.07) is 13.2. The SMILES string of the molecule is Cc1ccc(OC[C@@H]2CN(S(=O)(=O)c3c(C(N)=O)[nH]c4ccc(Cl)cc34)CCO2)cc1-c1cccnc1F. The second kappa shape index (κ2) is 10.3. The minimum absolute atomic E-state index is 0.0102. The Balaban J connectivity index is 1.36. The Labute approximate surface area is 223 Å². The van der Waals surface area contributed by atoms with Gasteiger partial charge in [0.25, 0.3) is 5.91 Å². The molecule has 0 spiro atoms. The third-order valence-electron chi connectivity index (χ3n) is 6.35. The number of aryl methyl sites for hydroxylation is 1. The topological polar surface area (TPSA) is 128 Å². The highest BCUT2D eigenvalue weighted by atomic mass is 35.5. The van der Waals surface area contributed by atoms with Gasteiger partial charge in [-0.05, 0) is 60.5 Å². The lowest BCUT2D eigenvalue weighted by Gasteiger charge is -2.32. The number of nitrogens with one attached hydrogen (secondary N) is 1. The Morgan fingerprint density at radius 1 is 1.26 bits per heavy atom. The molecule has 12 heteroatoms. The monoisotopic (exact) mass is 558 g/mol. The molecule has 0 saturated carbocycles. The largest absolute Gasteiger partial charge is 0.491 e. The molecule has 9 nitrogen and oxygen atoms in total. The summed E-state index contributed by atoms with van der Waals surface area (Å²) in [7, 11) is -4.15. The predicted octanol–water partition coefficient (Wildman–Crippen LogP) is 3.90. The van der Waals surface area contributed by atoms with Crippen LogP contribution in [0.1, 0.15) is 16.1 Å². The molecule has 0 radical (unpaired) electrons. The average Bonchev–Trinajstić information content (AvgIpc) is 3.29. The summed E-state index contributed by atoms with van der Waals surface area (Å²) in [6.07, 6.45) is 0.788. The van der Waals surface area contributed by atoms with Gasteiger partial charge in [-0.1, -0.05) is 17.7 Å². The lowest BCUT2D eigenvalue weighted by molar-refractivity contribution is -0.0249. The van der Waals surface area contributed by atoms with Crippen molar-refractivity contribution in [2.75, 3.05) is 26.3 Å². The number of hydrogen-bond donors (Lipinski definition) is 2. The zero-order chi connectivity index (χ0) is 27.0. The van der Waals surface area contributed by atoms with Crippen LogP contribution in [0, 0.1) is 12.9 Å². The van der Waals surface area contributed by atoms with Gasteiger partial charge < -0.3 is 20.2 Å². The first-order chi connectivity index (χ1) is 18.1. The van der Waals surface area contributed by atoms with Crippen molar-refractivity contribution in [1.82, 2.24) is 14.3 Å². The van der Waals surface area contributed by atoms with E-state index in [1.165, 1.54) is 16.6 Å². The number of halogens is 2. The predicted molar refractivity (Wildman–Crippen MR) is 140 cm³/mol. The van der Waals surface area contributed by atoms with Crippen LogP contribution in [-0.2, 0) is 14.8 Å². The molecular weight excluding hydrogens is 535 g/mol. The minimum Gasteiger partial charge on any atom is -0.491 e. The van der Waals surface area contributed by atoms with E-state index in [1.54, 1.807) is 36.4 Å². The third kappa shape index (κ3) is 4.97. The van der Waals surface area contributed by atoms with Gasteiger partial charge >= 0.3 is 0 Å². The van der Waals surface area contributed by atoms with Crippen molar-refractivity contribution in [3.8, 4) is 16.9 Å². The first kappa shape index (κ1) is 26.1. The number of carbonyl (C=O) groups is 1. The maximum atomic E-state index is 14.3. The number of pyridine rings is 1. The zero-order valence-corrected chi connectivity index (χ0v) is 21.9. The van der Waals surface area contributed by atoms with E-state index in [0.717, 1.165) is 5.56 Å². The van der Waals surface area contributed by atoms with Crippen molar-refractivity contribution in [3.05, 3.63) is 77.0 Å². The van der Waals surface area contributed by atoms with Crippen molar-refractivity contribution in [3.63, 3.8) is 0 Å². The number of aromatic nitrogens is 2. The summed E-state index contributed by atoms with van der Waals surface area (Å²) < 4.78 is 54.6. The van der Waals surface area contributed by atoms with Gasteiger partial charge in [0.1, 0.15) is 29.0 Å². The van der Waals surface area contributed by atoms with Crippen LogP contribution < -0.4 is 10.5 Å². The van der Waals surface area contributed by atoms with Crippen LogP contribution in [0.2, 0.25) is 5.02 Å². The fourth-order valence-electron chi connectivity index (χ4n) is 4.48. The fraction of sp³-hybridized carbons (Fsp3) is 0.231. The standard InChI is InChI=1S/C26H24ClFN4O5S/c1-15-4-6-17(12-20(15)19-3-2-8-30-25(19)28)37-14-18-13-32(9-10-36-18)38(34,35)24-21-11-16(27)5-7-22(21)31-23(24)26(29)33/h2-8,11-12,18,31H,9-10,13-14H2,1H3,(H2,29,33)/t18-/m0/s1. The molecule has 38 heavy (non-hydrogen) atoms. The Morgan fingerprint density at radius 2 is 2.08 bits per heavy atom. The van der Waals surface area contributed by atoms with E-state index in [0.29, 0.717) is 27.4 Å². The number of primary amides is 1. The molecule has 1 saturated heterocycles. The highest BCUT2D eigenvalue weighted by Gasteiger charge is 2.36. The first-order valence-electron chi connectivity index (χ1n) is 11.7. The Hall–Kier alpha value is -3.51. The van der Waals surface area contributed by atoms with E-state index in [2.05, 4.69) is 9.97 Å². The molecule has 1 amide bonds. The molecule has 1 fully saturated rings. The summed E-state index contributed by atoms with van der Waals surface area (Å²) >= 11 is 6.11. The minimum atomic E-state index is -4.15. The Bertz CT molecular complexity index is 1640. The van der Waals surface area contributed by atoms with E-state index in [4.69, 9.17) is 26.8 Å².